The molecule has 0 radical (unpaired) electrons. The number of allylic oxidation sites excluding steroid dienone is 2. The van der Waals surface area contributed by atoms with Crippen molar-refractivity contribution >= 4 is 11.8 Å². The maximum absolute atomic E-state index is 14.1. The Morgan fingerprint density at radius 3 is 2.77 bits per heavy atom. The molecule has 5 rings (SSSR count). The molecule has 0 aromatic rings. The molecule has 2 saturated heterocycles. The monoisotopic (exact) mass is 426 g/mol. The average molecular weight is 427 g/mol. The molecule has 168 valence electrons. The molecule has 5 unspecified atom stereocenters. The molecule has 0 aromatic carbocycles. The second-order valence-electron chi connectivity index (χ2n) is 10.1. The number of hydrogen-bond donors (Lipinski definition) is 2. The normalized spacial score (nSPS) is 36.7. The number of fused-ring (bicyclic) bond motifs is 1. The largest absolute Gasteiger partial charge is 0.465 e. The van der Waals surface area contributed by atoms with Crippen LogP contribution < -0.4 is 5.32 Å². The van der Waals surface area contributed by atoms with Crippen LogP contribution >= 0.6 is 0 Å². The summed E-state index contributed by atoms with van der Waals surface area (Å²) in [6.07, 6.45) is 3.19. The van der Waals surface area contributed by atoms with Crippen LogP contribution in [0.1, 0.15) is 46.5 Å². The van der Waals surface area contributed by atoms with Gasteiger partial charge in [-0.1, -0.05) is 13.8 Å². The van der Waals surface area contributed by atoms with E-state index in [0.29, 0.717) is 29.5 Å². The SMILES string of the molecule is CCNC1=C2C(CCO)=C(C(=O)OC)C3=C2C2(C)C(CC1)CN1CC(C)C(CC12)C3=O. The van der Waals surface area contributed by atoms with E-state index in [-0.39, 0.29) is 29.6 Å². The van der Waals surface area contributed by atoms with Gasteiger partial charge < -0.3 is 15.2 Å². The summed E-state index contributed by atoms with van der Waals surface area (Å²) in [5.41, 5.74) is 4.88. The molecular weight excluding hydrogens is 392 g/mol. The molecule has 5 atom stereocenters. The molecule has 3 aliphatic carbocycles. The zero-order valence-electron chi connectivity index (χ0n) is 19.1. The smallest absolute Gasteiger partial charge is 0.338 e. The van der Waals surface area contributed by atoms with Crippen molar-refractivity contribution in [1.29, 1.82) is 0 Å². The number of esters is 1. The molecule has 6 nitrogen and oxygen atoms in total. The molecule has 5 aliphatic rings. The van der Waals surface area contributed by atoms with E-state index in [0.717, 1.165) is 61.3 Å². The number of nitrogens with one attached hydrogen (secondary N) is 1. The number of ether oxygens (including phenoxy) is 1. The first-order chi connectivity index (χ1) is 14.9. The zero-order chi connectivity index (χ0) is 22.1. The second-order valence-corrected chi connectivity index (χ2v) is 10.1. The lowest BCUT2D eigenvalue weighted by Gasteiger charge is -2.43. The first-order valence-corrected chi connectivity index (χ1v) is 11.8. The molecule has 0 aromatic heterocycles. The maximum Gasteiger partial charge on any atom is 0.338 e. The molecule has 0 spiro atoms. The van der Waals surface area contributed by atoms with E-state index >= 15 is 0 Å². The topological polar surface area (TPSA) is 78.9 Å². The highest BCUT2D eigenvalue weighted by Gasteiger charge is 2.62. The lowest BCUT2D eigenvalue weighted by atomic mass is 9.65. The van der Waals surface area contributed by atoms with Gasteiger partial charge >= 0.3 is 5.97 Å². The summed E-state index contributed by atoms with van der Waals surface area (Å²) in [6.45, 7) is 9.33. The van der Waals surface area contributed by atoms with Crippen molar-refractivity contribution in [1.82, 2.24) is 10.2 Å². The van der Waals surface area contributed by atoms with Crippen LogP contribution in [0.3, 0.4) is 0 Å². The fraction of sp³-hybridized carbons (Fsp3) is 0.680. The van der Waals surface area contributed by atoms with Crippen LogP contribution in [0.2, 0.25) is 0 Å². The fourth-order valence-electron chi connectivity index (χ4n) is 7.45. The minimum Gasteiger partial charge on any atom is -0.465 e. The van der Waals surface area contributed by atoms with Crippen LogP contribution in [0.4, 0.5) is 0 Å². The summed E-state index contributed by atoms with van der Waals surface area (Å²) in [5, 5.41) is 13.5. The van der Waals surface area contributed by atoms with Crippen LogP contribution in [0, 0.1) is 23.2 Å². The number of aliphatic hydroxyl groups is 1. The molecule has 2 N–H and O–H groups in total. The highest BCUT2D eigenvalue weighted by atomic mass is 16.5. The van der Waals surface area contributed by atoms with Crippen LogP contribution in [0.5, 0.6) is 0 Å². The number of hydrogen-bond acceptors (Lipinski definition) is 6. The van der Waals surface area contributed by atoms with E-state index in [1.54, 1.807) is 0 Å². The van der Waals surface area contributed by atoms with Gasteiger partial charge in [0.15, 0.2) is 5.78 Å². The minimum absolute atomic E-state index is 0.0665. The van der Waals surface area contributed by atoms with Crippen LogP contribution in [-0.2, 0) is 14.3 Å². The lowest BCUT2D eigenvalue weighted by molar-refractivity contribution is -0.136. The second kappa shape index (κ2) is 7.31. The van der Waals surface area contributed by atoms with Gasteiger partial charge in [-0.2, -0.15) is 0 Å². The van der Waals surface area contributed by atoms with Crippen molar-refractivity contribution in [2.24, 2.45) is 23.2 Å². The number of Topliss-reactive ketones (excluding diaryl/α,β-unsaturated/α-hetero) is 1. The van der Waals surface area contributed by atoms with E-state index in [1.165, 1.54) is 7.11 Å². The van der Waals surface area contributed by atoms with Crippen LogP contribution in [0.15, 0.2) is 33.6 Å². The third kappa shape index (κ3) is 2.64. The Morgan fingerprint density at radius 1 is 1.32 bits per heavy atom. The van der Waals surface area contributed by atoms with E-state index in [1.807, 2.05) is 0 Å². The van der Waals surface area contributed by atoms with E-state index in [2.05, 4.69) is 31.0 Å². The van der Waals surface area contributed by atoms with Gasteiger partial charge in [0.25, 0.3) is 0 Å². The van der Waals surface area contributed by atoms with E-state index < -0.39 is 5.97 Å². The summed E-state index contributed by atoms with van der Waals surface area (Å²) in [4.78, 5) is 29.8. The predicted octanol–water partition coefficient (Wildman–Crippen LogP) is 2.35. The third-order valence-corrected chi connectivity index (χ3v) is 8.78. The molecule has 2 aliphatic heterocycles. The number of rotatable bonds is 5. The Hall–Kier alpha value is -1.92. The van der Waals surface area contributed by atoms with Crippen molar-refractivity contribution in [2.75, 3.05) is 33.4 Å². The van der Waals surface area contributed by atoms with Gasteiger partial charge in [0.1, 0.15) is 0 Å². The maximum atomic E-state index is 14.1. The average Bonchev–Trinajstić information content (AvgIpc) is 3.16. The summed E-state index contributed by atoms with van der Waals surface area (Å²) in [7, 11) is 1.38. The first kappa shape index (κ1) is 21.0. The standard InChI is InChI=1S/C25H34N2O4/c1-5-26-17-7-6-14-12-27-11-13(2)16-10-18(27)25(14,3)22-19(17)15(8-9-28)20(24(30)31-4)21(22)23(16)29/h13-14,16,18,26,28H,5-12H2,1-4H3. The summed E-state index contributed by atoms with van der Waals surface area (Å²) < 4.78 is 5.21. The van der Waals surface area contributed by atoms with E-state index in [9.17, 15) is 14.7 Å². The Kier molecular flexibility index (Phi) is 4.94. The predicted molar refractivity (Wildman–Crippen MR) is 117 cm³/mol. The number of nitrogens with zero attached hydrogens (tertiary/aromatic N) is 1. The molecule has 2 heterocycles. The number of methoxy groups -OCH3 is 1. The van der Waals surface area contributed by atoms with Crippen molar-refractivity contribution < 1.29 is 19.4 Å². The van der Waals surface area contributed by atoms with Crippen LogP contribution in [0.25, 0.3) is 0 Å². The number of carbonyl (C=O) groups is 2. The number of carbonyl (C=O) groups excluding carboxylic acids is 2. The van der Waals surface area contributed by atoms with Gasteiger partial charge in [-0.3, -0.25) is 9.69 Å². The van der Waals surface area contributed by atoms with Gasteiger partial charge in [-0.05, 0) is 55.6 Å². The van der Waals surface area contributed by atoms with Crippen LogP contribution in [-0.4, -0.2) is 61.2 Å². The number of ketones is 1. The van der Waals surface area contributed by atoms with Crippen molar-refractivity contribution in [3.8, 4) is 0 Å². The molecule has 2 fully saturated rings. The number of aliphatic hydroxyl groups excluding tert-OH is 1. The third-order valence-electron chi connectivity index (χ3n) is 8.78. The van der Waals surface area contributed by atoms with Gasteiger partial charge in [-0.15, -0.1) is 0 Å². The molecule has 0 saturated carbocycles. The highest BCUT2D eigenvalue weighted by Crippen LogP contribution is 2.63. The molecule has 0 amide bonds. The zero-order valence-corrected chi connectivity index (χ0v) is 19.1. The van der Waals surface area contributed by atoms with Crippen molar-refractivity contribution in [2.45, 2.75) is 52.5 Å². The fourth-order valence-corrected chi connectivity index (χ4v) is 7.45. The summed E-state index contributed by atoms with van der Waals surface area (Å²) in [5.74, 6) is 0.303. The van der Waals surface area contributed by atoms with Gasteiger partial charge in [0.05, 0.1) is 12.7 Å². The Morgan fingerprint density at radius 2 is 2.10 bits per heavy atom. The van der Waals surface area contributed by atoms with Gasteiger partial charge in [-0.25, -0.2) is 4.79 Å². The molecular formula is C25H34N2O4. The molecule has 6 heteroatoms. The first-order valence-electron chi connectivity index (χ1n) is 11.8. The van der Waals surface area contributed by atoms with Crippen molar-refractivity contribution in [3.05, 3.63) is 33.6 Å². The van der Waals surface area contributed by atoms with Gasteiger partial charge in [0.2, 0.25) is 0 Å². The van der Waals surface area contributed by atoms with Crippen molar-refractivity contribution in [3.63, 3.8) is 0 Å². The van der Waals surface area contributed by atoms with Gasteiger partial charge in [0, 0.05) is 60.5 Å². The summed E-state index contributed by atoms with van der Waals surface area (Å²) in [6, 6.07) is 0.318. The van der Waals surface area contributed by atoms with E-state index in [4.69, 9.17) is 4.74 Å². The Bertz CT molecular complexity index is 945. The Labute approximate surface area is 184 Å². The highest BCUT2D eigenvalue weighted by molar-refractivity contribution is 6.15. The minimum atomic E-state index is -0.449. The molecule has 31 heavy (non-hydrogen) atoms. The summed E-state index contributed by atoms with van der Waals surface area (Å²) >= 11 is 0. The quantitative estimate of drug-likeness (QED) is 0.657. The lowest BCUT2D eigenvalue weighted by Crippen LogP contribution is -2.48. The molecule has 2 bridgehead atoms. The Balaban J connectivity index is 1.86. The number of piperidine rings is 1.